The molecule has 1 fully saturated rings. The van der Waals surface area contributed by atoms with Gasteiger partial charge in [-0.25, -0.2) is 4.79 Å². The van der Waals surface area contributed by atoms with Crippen LogP contribution in [-0.4, -0.2) is 49.6 Å². The first-order chi connectivity index (χ1) is 12.3. The number of ether oxygens (including phenoxy) is 2. The number of imide groups is 1. The highest BCUT2D eigenvalue weighted by Crippen LogP contribution is 2.27. The molecule has 0 spiro atoms. The van der Waals surface area contributed by atoms with Crippen LogP contribution in [0.5, 0.6) is 11.5 Å². The first kappa shape index (κ1) is 19.6. The molecule has 26 heavy (non-hydrogen) atoms. The predicted octanol–water partition coefficient (Wildman–Crippen LogP) is 1.29. The lowest BCUT2D eigenvalue weighted by atomic mass is 10.0. The quantitative estimate of drug-likeness (QED) is 0.679. The van der Waals surface area contributed by atoms with Crippen molar-refractivity contribution in [1.82, 2.24) is 15.5 Å². The van der Waals surface area contributed by atoms with E-state index in [1.807, 2.05) is 13.8 Å². The van der Waals surface area contributed by atoms with E-state index in [2.05, 4.69) is 10.6 Å². The zero-order valence-electron chi connectivity index (χ0n) is 15.5. The lowest BCUT2D eigenvalue weighted by Crippen LogP contribution is -2.41. The number of hydrogen-bond acceptors (Lipinski definition) is 5. The van der Waals surface area contributed by atoms with Crippen LogP contribution in [0.3, 0.4) is 0 Å². The normalized spacial score (nSPS) is 16.7. The molecule has 0 aliphatic carbocycles. The van der Waals surface area contributed by atoms with E-state index in [1.54, 1.807) is 25.3 Å². The van der Waals surface area contributed by atoms with Crippen molar-refractivity contribution in [2.45, 2.75) is 32.9 Å². The van der Waals surface area contributed by atoms with Gasteiger partial charge in [0.25, 0.3) is 5.91 Å². The van der Waals surface area contributed by atoms with Crippen molar-refractivity contribution >= 4 is 17.8 Å². The molecule has 2 N–H and O–H groups in total. The number of nitrogens with zero attached hydrogens (tertiary/aromatic N) is 1. The fourth-order valence-electron chi connectivity index (χ4n) is 2.75. The fourth-order valence-corrected chi connectivity index (χ4v) is 2.75. The van der Waals surface area contributed by atoms with Crippen LogP contribution in [0.15, 0.2) is 18.2 Å². The molecule has 1 atom stereocenters. The number of urea groups is 1. The van der Waals surface area contributed by atoms with E-state index in [9.17, 15) is 14.4 Å². The van der Waals surface area contributed by atoms with Gasteiger partial charge < -0.3 is 20.1 Å². The Labute approximate surface area is 152 Å². The summed E-state index contributed by atoms with van der Waals surface area (Å²) in [6.45, 7) is 3.89. The first-order valence-electron chi connectivity index (χ1n) is 8.45. The molecule has 0 radical (unpaired) electrons. The molecule has 0 unspecified atom stereocenters. The third-order valence-corrected chi connectivity index (χ3v) is 4.05. The number of benzene rings is 1. The summed E-state index contributed by atoms with van der Waals surface area (Å²) in [4.78, 5) is 37.3. The van der Waals surface area contributed by atoms with E-state index in [-0.39, 0.29) is 24.9 Å². The number of amides is 4. The molecule has 0 bridgehead atoms. The summed E-state index contributed by atoms with van der Waals surface area (Å²) >= 11 is 0. The van der Waals surface area contributed by atoms with E-state index in [1.165, 1.54) is 7.11 Å². The zero-order chi connectivity index (χ0) is 19.3. The number of rotatable bonds is 8. The van der Waals surface area contributed by atoms with Crippen molar-refractivity contribution in [3.8, 4) is 11.5 Å². The molecule has 1 aromatic rings. The Morgan fingerprint density at radius 2 is 1.92 bits per heavy atom. The van der Waals surface area contributed by atoms with Crippen molar-refractivity contribution < 1.29 is 23.9 Å². The molecular formula is C18H25N3O5. The molecule has 1 aliphatic heterocycles. The largest absolute Gasteiger partial charge is 0.493 e. The Kier molecular flexibility index (Phi) is 6.43. The molecule has 1 saturated heterocycles. The highest BCUT2D eigenvalue weighted by Gasteiger charge is 2.38. The summed E-state index contributed by atoms with van der Waals surface area (Å²) < 4.78 is 10.4. The van der Waals surface area contributed by atoms with E-state index < -0.39 is 18.0 Å². The molecular weight excluding hydrogens is 338 g/mol. The van der Waals surface area contributed by atoms with Crippen LogP contribution < -0.4 is 20.1 Å². The number of nitrogens with one attached hydrogen (secondary N) is 2. The van der Waals surface area contributed by atoms with Crippen LogP contribution in [0.25, 0.3) is 0 Å². The van der Waals surface area contributed by atoms with Crippen LogP contribution in [0.1, 0.15) is 25.8 Å². The lowest BCUT2D eigenvalue weighted by molar-refractivity contribution is -0.132. The molecule has 8 heteroatoms. The molecule has 0 aromatic heterocycles. The van der Waals surface area contributed by atoms with Gasteiger partial charge >= 0.3 is 6.03 Å². The van der Waals surface area contributed by atoms with Gasteiger partial charge in [-0.1, -0.05) is 19.9 Å². The van der Waals surface area contributed by atoms with Crippen LogP contribution in [0, 0.1) is 5.92 Å². The molecule has 8 nitrogen and oxygen atoms in total. The Morgan fingerprint density at radius 1 is 1.23 bits per heavy atom. The number of carbonyl (C=O) groups excluding carboxylic acids is 3. The molecule has 1 aliphatic rings. The summed E-state index contributed by atoms with van der Waals surface area (Å²) in [5.41, 5.74) is 0.811. The minimum atomic E-state index is -0.554. The molecule has 4 amide bonds. The van der Waals surface area contributed by atoms with Crippen LogP contribution in [0.4, 0.5) is 4.79 Å². The Morgan fingerprint density at radius 3 is 2.54 bits per heavy atom. The Bertz CT molecular complexity index is 689. The summed E-state index contributed by atoms with van der Waals surface area (Å²) in [5, 5.41) is 5.32. The van der Waals surface area contributed by atoms with Crippen molar-refractivity contribution in [1.29, 1.82) is 0 Å². The second-order valence-electron chi connectivity index (χ2n) is 6.52. The van der Waals surface area contributed by atoms with Crippen molar-refractivity contribution in [2.75, 3.05) is 20.8 Å². The number of methoxy groups -OCH3 is 2. The summed E-state index contributed by atoms with van der Waals surface area (Å²) in [6, 6.07) is 4.22. The van der Waals surface area contributed by atoms with E-state index in [0.717, 1.165) is 10.5 Å². The standard InChI is InChI=1S/C18H25N3O5/c1-11(2)7-13-17(23)21(18(24)20-13)10-16(22)19-9-12-5-6-14(25-3)15(8-12)26-4/h5-6,8,11,13H,7,9-10H2,1-4H3,(H,19,22)(H,20,24)/t13-/m0/s1. The van der Waals surface area contributed by atoms with Gasteiger partial charge in [0.2, 0.25) is 5.91 Å². The van der Waals surface area contributed by atoms with Crippen molar-refractivity contribution in [3.63, 3.8) is 0 Å². The Hall–Kier alpha value is -2.77. The summed E-state index contributed by atoms with van der Waals surface area (Å²) in [7, 11) is 3.08. The van der Waals surface area contributed by atoms with Gasteiger partial charge in [0, 0.05) is 6.54 Å². The Balaban J connectivity index is 1.91. The molecule has 1 heterocycles. The fraction of sp³-hybridized carbons (Fsp3) is 0.500. The molecule has 2 rings (SSSR count). The van der Waals surface area contributed by atoms with Gasteiger partial charge in [-0.15, -0.1) is 0 Å². The minimum Gasteiger partial charge on any atom is -0.493 e. The van der Waals surface area contributed by atoms with Crippen LogP contribution in [-0.2, 0) is 16.1 Å². The van der Waals surface area contributed by atoms with Gasteiger partial charge in [-0.05, 0) is 30.0 Å². The van der Waals surface area contributed by atoms with Crippen molar-refractivity contribution in [3.05, 3.63) is 23.8 Å². The summed E-state index contributed by atoms with van der Waals surface area (Å²) in [6.07, 6.45) is 0.550. The average Bonchev–Trinajstić information content (AvgIpc) is 2.86. The van der Waals surface area contributed by atoms with Gasteiger partial charge in [0.1, 0.15) is 12.6 Å². The van der Waals surface area contributed by atoms with E-state index >= 15 is 0 Å². The molecule has 1 aromatic carbocycles. The monoisotopic (exact) mass is 363 g/mol. The predicted molar refractivity (Wildman–Crippen MR) is 94.9 cm³/mol. The number of hydrogen-bond donors (Lipinski definition) is 2. The highest BCUT2D eigenvalue weighted by molar-refractivity contribution is 6.06. The summed E-state index contributed by atoms with van der Waals surface area (Å²) in [5.74, 6) is 0.657. The molecule has 142 valence electrons. The van der Waals surface area contributed by atoms with Crippen LogP contribution in [0.2, 0.25) is 0 Å². The van der Waals surface area contributed by atoms with Crippen LogP contribution >= 0.6 is 0 Å². The lowest BCUT2D eigenvalue weighted by Gasteiger charge is -2.14. The second kappa shape index (κ2) is 8.55. The smallest absolute Gasteiger partial charge is 0.325 e. The third kappa shape index (κ3) is 4.65. The molecule has 0 saturated carbocycles. The second-order valence-corrected chi connectivity index (χ2v) is 6.52. The zero-order valence-corrected chi connectivity index (χ0v) is 15.5. The van der Waals surface area contributed by atoms with E-state index in [4.69, 9.17) is 9.47 Å². The topological polar surface area (TPSA) is 97.0 Å². The van der Waals surface area contributed by atoms with Gasteiger partial charge in [-0.2, -0.15) is 0 Å². The SMILES string of the molecule is COc1ccc(CNC(=O)CN2C(=O)N[C@@H](CC(C)C)C2=O)cc1OC. The first-order valence-corrected chi connectivity index (χ1v) is 8.45. The average molecular weight is 363 g/mol. The van der Waals surface area contributed by atoms with Gasteiger partial charge in [0.05, 0.1) is 14.2 Å². The number of carbonyl (C=O) groups is 3. The van der Waals surface area contributed by atoms with Crippen molar-refractivity contribution in [2.24, 2.45) is 5.92 Å². The third-order valence-electron chi connectivity index (χ3n) is 4.05. The highest BCUT2D eigenvalue weighted by atomic mass is 16.5. The maximum atomic E-state index is 12.2. The minimum absolute atomic E-state index is 0.248. The van der Waals surface area contributed by atoms with Gasteiger partial charge in [0.15, 0.2) is 11.5 Å². The van der Waals surface area contributed by atoms with Gasteiger partial charge in [-0.3, -0.25) is 14.5 Å². The maximum absolute atomic E-state index is 12.2. The maximum Gasteiger partial charge on any atom is 0.325 e. The van der Waals surface area contributed by atoms with E-state index in [0.29, 0.717) is 17.9 Å².